The van der Waals surface area contributed by atoms with Crippen molar-refractivity contribution in [2.24, 2.45) is 34.6 Å². The smallest absolute Gasteiger partial charge is 0.260 e. The first-order valence-electron chi connectivity index (χ1n) is 10.5. The number of amidine groups is 1. The molecule has 0 aliphatic heterocycles. The molecule has 3 aromatic rings. The number of rotatable bonds is 7. The van der Waals surface area contributed by atoms with E-state index in [0.29, 0.717) is 35.0 Å². The number of nitrogens with two attached hydrogens (primary N) is 4. The van der Waals surface area contributed by atoms with Crippen LogP contribution in [-0.4, -0.2) is 32.3 Å². The Hall–Kier alpha value is -4.16. The van der Waals surface area contributed by atoms with Crippen LogP contribution in [-0.2, 0) is 20.0 Å². The summed E-state index contributed by atoms with van der Waals surface area (Å²) in [6.07, 6.45) is 4.09. The Kier molecular flexibility index (Phi) is 9.55. The van der Waals surface area contributed by atoms with E-state index in [4.69, 9.17) is 34.8 Å². The number of fused-ring (bicyclic) bond motifs is 1. The first kappa shape index (κ1) is 27.1. The normalized spacial score (nSPS) is 11.4. The van der Waals surface area contributed by atoms with Gasteiger partial charge in [-0.2, -0.15) is 10.2 Å². The van der Waals surface area contributed by atoms with E-state index in [1.54, 1.807) is 17.7 Å². The Bertz CT molecular complexity index is 1340. The van der Waals surface area contributed by atoms with Gasteiger partial charge in [0.1, 0.15) is 11.4 Å². The van der Waals surface area contributed by atoms with Crippen molar-refractivity contribution in [2.75, 3.05) is 5.73 Å². The summed E-state index contributed by atoms with van der Waals surface area (Å²) in [4.78, 5) is 27.6. The number of hydrazone groups is 1. The van der Waals surface area contributed by atoms with E-state index < -0.39 is 5.91 Å². The number of halogens is 1. The molecule has 13 heteroatoms. The molecule has 0 spiro atoms. The van der Waals surface area contributed by atoms with Crippen molar-refractivity contribution >= 4 is 52.0 Å². The number of hydrogen-bond acceptors (Lipinski definition) is 8. The summed E-state index contributed by atoms with van der Waals surface area (Å²) in [6, 6.07) is 7.43. The number of pyridine rings is 1. The number of carbonyl (C=O) groups is 1. The standard InChI is InChI=1S/C14H18ClN5O.C8H11N5O/c1-2-10-8-9-4-3-5-11(15)13(9)14(21)20(10)7-6-12(18-16)19-17;1-3-4-11-8-5(7(10)14)6(9)12-13(8)2/h3-5,8H,2,6-7,16-17H2,1H3,(H,18,19);3-4H,1H2,2H3,(H2,9,12)(H2,10,14)/b;11-4-. The van der Waals surface area contributed by atoms with Gasteiger partial charge in [-0.1, -0.05) is 43.3 Å². The maximum atomic E-state index is 12.7. The fourth-order valence-electron chi connectivity index (χ4n) is 3.38. The summed E-state index contributed by atoms with van der Waals surface area (Å²) >= 11 is 6.16. The van der Waals surface area contributed by atoms with Crippen LogP contribution in [0.1, 0.15) is 29.4 Å². The van der Waals surface area contributed by atoms with Crippen LogP contribution in [0.5, 0.6) is 0 Å². The molecule has 0 atom stereocenters. The zero-order chi connectivity index (χ0) is 26.1. The highest BCUT2D eigenvalue weighted by atomic mass is 35.5. The molecule has 12 nitrogen and oxygen atoms in total. The number of amides is 1. The maximum absolute atomic E-state index is 12.7. The molecule has 2 aromatic heterocycles. The van der Waals surface area contributed by atoms with Crippen LogP contribution in [0, 0.1) is 0 Å². The lowest BCUT2D eigenvalue weighted by molar-refractivity contribution is 0.100. The number of aliphatic imine (C=N–C) groups is 1. The summed E-state index contributed by atoms with van der Waals surface area (Å²) in [7, 11) is 1.62. The van der Waals surface area contributed by atoms with Crippen LogP contribution in [0.3, 0.4) is 0 Å². The first-order valence-corrected chi connectivity index (χ1v) is 10.9. The van der Waals surface area contributed by atoms with Gasteiger partial charge in [-0.15, -0.1) is 0 Å². The summed E-state index contributed by atoms with van der Waals surface area (Å²) < 4.78 is 3.08. The fourth-order valence-corrected chi connectivity index (χ4v) is 3.65. The molecule has 0 fully saturated rings. The molecule has 0 aliphatic rings. The molecular formula is C22H29ClN10O2. The van der Waals surface area contributed by atoms with Crippen LogP contribution in [0.2, 0.25) is 5.02 Å². The van der Waals surface area contributed by atoms with E-state index >= 15 is 0 Å². The van der Waals surface area contributed by atoms with Crippen LogP contribution in [0.4, 0.5) is 11.6 Å². The van der Waals surface area contributed by atoms with E-state index in [0.717, 1.165) is 17.5 Å². The molecule has 9 N–H and O–H groups in total. The number of anilines is 1. The van der Waals surface area contributed by atoms with Gasteiger partial charge in [0, 0.05) is 31.9 Å². The molecule has 2 heterocycles. The molecule has 0 saturated carbocycles. The van der Waals surface area contributed by atoms with Crippen molar-refractivity contribution in [3.05, 3.63) is 63.6 Å². The number of nitrogen functional groups attached to an aromatic ring is 1. The number of hydrogen-bond donors (Lipinski definition) is 5. The summed E-state index contributed by atoms with van der Waals surface area (Å²) in [5.41, 5.74) is 14.0. The number of benzene rings is 1. The summed E-state index contributed by atoms with van der Waals surface area (Å²) in [5, 5.41) is 9.20. The van der Waals surface area contributed by atoms with Crippen molar-refractivity contribution in [3.63, 3.8) is 0 Å². The third kappa shape index (κ3) is 6.25. The Morgan fingerprint density at radius 1 is 1.37 bits per heavy atom. The predicted molar refractivity (Wildman–Crippen MR) is 141 cm³/mol. The van der Waals surface area contributed by atoms with Gasteiger partial charge in [0.2, 0.25) is 0 Å². The first-order chi connectivity index (χ1) is 16.7. The number of nitrogens with one attached hydrogen (secondary N) is 1. The highest BCUT2D eigenvalue weighted by Crippen LogP contribution is 2.23. The van der Waals surface area contributed by atoms with Crippen molar-refractivity contribution < 1.29 is 4.79 Å². The van der Waals surface area contributed by atoms with Crippen LogP contribution >= 0.6 is 11.6 Å². The van der Waals surface area contributed by atoms with Gasteiger partial charge < -0.3 is 27.3 Å². The lowest BCUT2D eigenvalue weighted by Gasteiger charge is -2.14. The Labute approximate surface area is 206 Å². The minimum atomic E-state index is -0.646. The average molecular weight is 501 g/mol. The van der Waals surface area contributed by atoms with Gasteiger partial charge in [-0.05, 0) is 23.9 Å². The molecule has 0 unspecified atom stereocenters. The molecule has 3 rings (SSSR count). The van der Waals surface area contributed by atoms with Gasteiger partial charge in [0.15, 0.2) is 11.6 Å². The number of aryl methyl sites for hydroxylation is 2. The minimum Gasteiger partial charge on any atom is -0.381 e. The second-order valence-corrected chi connectivity index (χ2v) is 7.61. The largest absolute Gasteiger partial charge is 0.381 e. The van der Waals surface area contributed by atoms with Crippen molar-refractivity contribution in [3.8, 4) is 0 Å². The molecular weight excluding hydrogens is 472 g/mol. The van der Waals surface area contributed by atoms with E-state index in [9.17, 15) is 9.59 Å². The lowest BCUT2D eigenvalue weighted by Crippen LogP contribution is -2.34. The highest BCUT2D eigenvalue weighted by Gasteiger charge is 2.17. The predicted octanol–water partition coefficient (Wildman–Crippen LogP) is 1.33. The van der Waals surface area contributed by atoms with Crippen molar-refractivity contribution in [1.82, 2.24) is 19.8 Å². The molecule has 0 bridgehead atoms. The SMILES string of the molecule is C=C/C=N\c1c(C(N)=O)c(N)nn1C.CCc1cc2cccc(Cl)c2c(=O)n1CC/C(=N/N)NN. The van der Waals surface area contributed by atoms with E-state index in [2.05, 4.69) is 27.2 Å². The zero-order valence-electron chi connectivity index (χ0n) is 19.5. The van der Waals surface area contributed by atoms with Crippen LogP contribution in [0.15, 0.2) is 51.8 Å². The number of allylic oxidation sites excluding steroid dienone is 1. The Morgan fingerprint density at radius 2 is 2.09 bits per heavy atom. The third-order valence-corrected chi connectivity index (χ3v) is 5.34. The second-order valence-electron chi connectivity index (χ2n) is 7.21. The Morgan fingerprint density at radius 3 is 2.66 bits per heavy atom. The van der Waals surface area contributed by atoms with Gasteiger partial charge in [-0.25, -0.2) is 15.5 Å². The number of hydrazine groups is 1. The number of carbonyl (C=O) groups excluding carboxylic acids is 1. The summed E-state index contributed by atoms with van der Waals surface area (Å²) in [5.74, 6) is 10.7. The van der Waals surface area contributed by atoms with E-state index in [-0.39, 0.29) is 16.9 Å². The molecule has 0 radical (unpaired) electrons. The van der Waals surface area contributed by atoms with E-state index in [1.807, 2.05) is 25.1 Å². The number of nitrogens with zero attached hydrogens (tertiary/aromatic N) is 5. The van der Waals surface area contributed by atoms with E-state index in [1.165, 1.54) is 17.0 Å². The zero-order valence-corrected chi connectivity index (χ0v) is 20.3. The van der Waals surface area contributed by atoms with Crippen molar-refractivity contribution in [1.29, 1.82) is 0 Å². The molecule has 1 amide bonds. The highest BCUT2D eigenvalue weighted by molar-refractivity contribution is 6.35. The van der Waals surface area contributed by atoms with Gasteiger partial charge in [-0.3, -0.25) is 9.59 Å². The topological polar surface area (TPSA) is 198 Å². The lowest BCUT2D eigenvalue weighted by atomic mass is 10.1. The third-order valence-electron chi connectivity index (χ3n) is 5.02. The average Bonchev–Trinajstić information content (AvgIpc) is 3.12. The van der Waals surface area contributed by atoms with Crippen LogP contribution < -0.4 is 34.1 Å². The molecule has 186 valence electrons. The van der Waals surface area contributed by atoms with Gasteiger partial charge in [0.05, 0.1) is 10.4 Å². The minimum absolute atomic E-state index is 0.0798. The van der Waals surface area contributed by atoms with Gasteiger partial charge in [0.25, 0.3) is 11.5 Å². The van der Waals surface area contributed by atoms with Gasteiger partial charge >= 0.3 is 0 Å². The van der Waals surface area contributed by atoms with Crippen molar-refractivity contribution in [2.45, 2.75) is 26.3 Å². The molecule has 35 heavy (non-hydrogen) atoms. The molecule has 0 saturated heterocycles. The monoisotopic (exact) mass is 500 g/mol. The number of primary amides is 1. The quantitative estimate of drug-likeness (QED) is 0.139. The second kappa shape index (κ2) is 12.3. The molecule has 0 aliphatic carbocycles. The van der Waals surface area contributed by atoms with Crippen LogP contribution in [0.25, 0.3) is 10.8 Å². The molecule has 1 aromatic carbocycles. The fraction of sp³-hybridized carbons (Fsp3) is 0.227. The summed E-state index contributed by atoms with van der Waals surface area (Å²) in [6.45, 7) is 5.90. The number of aromatic nitrogens is 3. The maximum Gasteiger partial charge on any atom is 0.260 e. The Balaban J connectivity index is 0.000000269.